The number of methoxy groups -OCH3 is 1. The minimum atomic E-state index is -0.917. The van der Waals surface area contributed by atoms with E-state index in [2.05, 4.69) is 10.1 Å². The van der Waals surface area contributed by atoms with Crippen LogP contribution in [0.5, 0.6) is 0 Å². The molecular weight excluding hydrogens is 213 g/mol. The van der Waals surface area contributed by atoms with Gasteiger partial charge in [-0.1, -0.05) is 12.1 Å². The summed E-state index contributed by atoms with van der Waals surface area (Å²) in [6, 6.07) is 5.94. The zero-order valence-corrected chi connectivity index (χ0v) is 8.83. The van der Waals surface area contributed by atoms with Gasteiger partial charge >= 0.3 is 11.9 Å². The second-order valence-electron chi connectivity index (χ2n) is 3.12. The summed E-state index contributed by atoms with van der Waals surface area (Å²) >= 11 is 0. The highest BCUT2D eigenvalue weighted by Crippen LogP contribution is 2.02. The molecule has 0 radical (unpaired) electrons. The van der Waals surface area contributed by atoms with Crippen molar-refractivity contribution in [2.45, 2.75) is 6.42 Å². The Kier molecular flexibility index (Phi) is 4.44. The van der Waals surface area contributed by atoms with E-state index in [4.69, 9.17) is 0 Å². The van der Waals surface area contributed by atoms with Crippen LogP contribution in [0.25, 0.3) is 0 Å². The maximum Gasteiger partial charge on any atom is 0.396 e. The molecular formula is C11H12FNO3. The molecule has 1 aromatic carbocycles. The van der Waals surface area contributed by atoms with Crippen LogP contribution in [0.1, 0.15) is 5.56 Å². The molecule has 0 aromatic heterocycles. The van der Waals surface area contributed by atoms with Gasteiger partial charge in [0.2, 0.25) is 0 Å². The summed E-state index contributed by atoms with van der Waals surface area (Å²) in [7, 11) is 1.14. The third-order valence-corrected chi connectivity index (χ3v) is 1.98. The fourth-order valence-corrected chi connectivity index (χ4v) is 1.14. The molecule has 0 aliphatic rings. The standard InChI is InChI=1S/C11H12FNO3/c1-16-11(15)10(14)13-7-6-8-2-4-9(12)5-3-8/h2-5H,6-7H2,1H3,(H,13,14). The third kappa shape index (κ3) is 3.68. The Morgan fingerprint density at radius 3 is 2.50 bits per heavy atom. The highest BCUT2D eigenvalue weighted by molar-refractivity contribution is 6.32. The lowest BCUT2D eigenvalue weighted by molar-refractivity contribution is -0.152. The van der Waals surface area contributed by atoms with Crippen molar-refractivity contribution < 1.29 is 18.7 Å². The van der Waals surface area contributed by atoms with Crippen LogP contribution in [-0.4, -0.2) is 25.5 Å². The zero-order chi connectivity index (χ0) is 12.0. The van der Waals surface area contributed by atoms with E-state index in [1.54, 1.807) is 12.1 Å². The zero-order valence-electron chi connectivity index (χ0n) is 8.83. The Hall–Kier alpha value is -1.91. The number of carbonyl (C=O) groups excluding carboxylic acids is 2. The summed E-state index contributed by atoms with van der Waals surface area (Å²) in [5, 5.41) is 2.39. The monoisotopic (exact) mass is 225 g/mol. The number of rotatable bonds is 3. The van der Waals surface area contributed by atoms with E-state index in [-0.39, 0.29) is 5.82 Å². The van der Waals surface area contributed by atoms with E-state index < -0.39 is 11.9 Å². The van der Waals surface area contributed by atoms with Crippen LogP contribution < -0.4 is 5.32 Å². The van der Waals surface area contributed by atoms with Crippen LogP contribution in [-0.2, 0) is 20.7 Å². The third-order valence-electron chi connectivity index (χ3n) is 1.98. The second-order valence-corrected chi connectivity index (χ2v) is 3.12. The van der Waals surface area contributed by atoms with Crippen molar-refractivity contribution in [3.8, 4) is 0 Å². The van der Waals surface area contributed by atoms with Gasteiger partial charge in [-0.05, 0) is 24.1 Å². The molecule has 86 valence electrons. The normalized spacial score (nSPS) is 9.62. The number of benzene rings is 1. The molecule has 0 saturated heterocycles. The lowest BCUT2D eigenvalue weighted by Crippen LogP contribution is -2.33. The first-order valence-corrected chi connectivity index (χ1v) is 4.74. The summed E-state index contributed by atoms with van der Waals surface area (Å²) < 4.78 is 16.8. The van der Waals surface area contributed by atoms with Crippen molar-refractivity contribution in [1.82, 2.24) is 5.32 Å². The molecule has 16 heavy (non-hydrogen) atoms. The molecule has 1 N–H and O–H groups in total. The molecule has 0 bridgehead atoms. The average molecular weight is 225 g/mol. The Balaban J connectivity index is 2.33. The van der Waals surface area contributed by atoms with E-state index in [1.165, 1.54) is 12.1 Å². The molecule has 0 aliphatic heterocycles. The molecule has 0 spiro atoms. The van der Waals surface area contributed by atoms with Crippen molar-refractivity contribution in [2.75, 3.05) is 13.7 Å². The van der Waals surface area contributed by atoms with Gasteiger partial charge in [0.05, 0.1) is 7.11 Å². The van der Waals surface area contributed by atoms with Gasteiger partial charge < -0.3 is 10.1 Å². The van der Waals surface area contributed by atoms with Crippen molar-refractivity contribution in [2.24, 2.45) is 0 Å². The summed E-state index contributed by atoms with van der Waals surface area (Å²) in [5.74, 6) is -1.99. The SMILES string of the molecule is COC(=O)C(=O)NCCc1ccc(F)cc1. The highest BCUT2D eigenvalue weighted by Gasteiger charge is 2.11. The van der Waals surface area contributed by atoms with Gasteiger partial charge in [0, 0.05) is 6.54 Å². The van der Waals surface area contributed by atoms with Crippen LogP contribution in [0.2, 0.25) is 0 Å². The number of halogens is 1. The Morgan fingerprint density at radius 2 is 1.94 bits per heavy atom. The number of nitrogens with one attached hydrogen (secondary N) is 1. The fourth-order valence-electron chi connectivity index (χ4n) is 1.14. The number of amides is 1. The number of esters is 1. The van der Waals surface area contributed by atoms with Gasteiger partial charge in [-0.25, -0.2) is 9.18 Å². The first-order chi connectivity index (χ1) is 7.63. The maximum atomic E-state index is 12.6. The van der Waals surface area contributed by atoms with Crippen molar-refractivity contribution >= 4 is 11.9 Å². The molecule has 0 fully saturated rings. The molecule has 0 atom stereocenters. The molecule has 0 saturated carbocycles. The van der Waals surface area contributed by atoms with Gasteiger partial charge in [-0.3, -0.25) is 4.79 Å². The number of carbonyl (C=O) groups is 2. The van der Waals surface area contributed by atoms with E-state index in [9.17, 15) is 14.0 Å². The summed E-state index contributed by atoms with van der Waals surface area (Å²) in [6.07, 6.45) is 0.531. The first-order valence-electron chi connectivity index (χ1n) is 4.74. The minimum Gasteiger partial charge on any atom is -0.462 e. The molecule has 1 amide bonds. The van der Waals surface area contributed by atoms with Gasteiger partial charge in [0.1, 0.15) is 5.82 Å². The highest BCUT2D eigenvalue weighted by atomic mass is 19.1. The van der Waals surface area contributed by atoms with Crippen molar-refractivity contribution in [3.63, 3.8) is 0 Å². The molecule has 4 nitrogen and oxygen atoms in total. The van der Waals surface area contributed by atoms with Gasteiger partial charge in [-0.2, -0.15) is 0 Å². The van der Waals surface area contributed by atoms with E-state index >= 15 is 0 Å². The molecule has 0 heterocycles. The molecule has 1 aromatic rings. The Morgan fingerprint density at radius 1 is 1.31 bits per heavy atom. The van der Waals surface area contributed by atoms with Crippen LogP contribution >= 0.6 is 0 Å². The maximum absolute atomic E-state index is 12.6. The van der Waals surface area contributed by atoms with E-state index in [0.29, 0.717) is 13.0 Å². The van der Waals surface area contributed by atoms with Crippen LogP contribution in [0, 0.1) is 5.82 Å². The lowest BCUT2D eigenvalue weighted by Gasteiger charge is -2.03. The lowest BCUT2D eigenvalue weighted by atomic mass is 10.1. The Labute approximate surface area is 92.4 Å². The largest absolute Gasteiger partial charge is 0.462 e. The Bertz CT molecular complexity index is 375. The fraction of sp³-hybridized carbons (Fsp3) is 0.273. The molecule has 5 heteroatoms. The predicted octanol–water partition coefficient (Wildman–Crippen LogP) is 0.657. The number of hydrogen-bond donors (Lipinski definition) is 1. The minimum absolute atomic E-state index is 0.303. The molecule has 1 rings (SSSR count). The summed E-state index contributed by atoms with van der Waals surface area (Å²) in [6.45, 7) is 0.305. The first kappa shape index (κ1) is 12.2. The van der Waals surface area contributed by atoms with Gasteiger partial charge in [0.15, 0.2) is 0 Å². The van der Waals surface area contributed by atoms with Gasteiger partial charge in [0.25, 0.3) is 0 Å². The quantitative estimate of drug-likeness (QED) is 0.607. The summed E-state index contributed by atoms with van der Waals surface area (Å²) in [4.78, 5) is 21.7. The van der Waals surface area contributed by atoms with Crippen LogP contribution in [0.4, 0.5) is 4.39 Å². The summed E-state index contributed by atoms with van der Waals surface area (Å²) in [5.41, 5.74) is 0.881. The van der Waals surface area contributed by atoms with E-state index in [1.807, 2.05) is 0 Å². The van der Waals surface area contributed by atoms with Gasteiger partial charge in [-0.15, -0.1) is 0 Å². The number of ether oxygens (including phenoxy) is 1. The molecule has 0 unspecified atom stereocenters. The van der Waals surface area contributed by atoms with E-state index in [0.717, 1.165) is 12.7 Å². The average Bonchev–Trinajstić information content (AvgIpc) is 2.30. The topological polar surface area (TPSA) is 55.4 Å². The van der Waals surface area contributed by atoms with Crippen molar-refractivity contribution in [3.05, 3.63) is 35.6 Å². The number of hydrogen-bond acceptors (Lipinski definition) is 3. The predicted molar refractivity (Wildman–Crippen MR) is 55.1 cm³/mol. The molecule has 0 aliphatic carbocycles. The van der Waals surface area contributed by atoms with Crippen LogP contribution in [0.3, 0.4) is 0 Å². The van der Waals surface area contributed by atoms with Crippen LogP contribution in [0.15, 0.2) is 24.3 Å². The van der Waals surface area contributed by atoms with Crippen molar-refractivity contribution in [1.29, 1.82) is 0 Å². The second kappa shape index (κ2) is 5.85. The smallest absolute Gasteiger partial charge is 0.396 e.